The molecule has 0 saturated carbocycles. The molecule has 114 valence electrons. The van der Waals surface area contributed by atoms with Crippen molar-refractivity contribution in [3.8, 4) is 16.9 Å². The van der Waals surface area contributed by atoms with Crippen molar-refractivity contribution >= 4 is 6.09 Å². The summed E-state index contributed by atoms with van der Waals surface area (Å²) in [6.07, 6.45) is -0.439. The maximum Gasteiger partial charge on any atom is 0.404 e. The van der Waals surface area contributed by atoms with E-state index in [4.69, 9.17) is 9.84 Å². The summed E-state index contributed by atoms with van der Waals surface area (Å²) in [4.78, 5) is 10.6. The van der Waals surface area contributed by atoms with E-state index >= 15 is 0 Å². The Kier molecular flexibility index (Phi) is 3.75. The molecule has 0 bridgehead atoms. The number of aryl methyl sites for hydroxylation is 2. The van der Waals surface area contributed by atoms with Gasteiger partial charge in [-0.25, -0.2) is 4.79 Å². The summed E-state index contributed by atoms with van der Waals surface area (Å²) >= 11 is 0. The Hall–Kier alpha value is -2.49. The van der Waals surface area contributed by atoms with Gasteiger partial charge in [0.15, 0.2) is 0 Å². The number of fused-ring (bicyclic) bond motifs is 1. The molecule has 0 radical (unpaired) electrons. The monoisotopic (exact) mass is 297 g/mol. The summed E-state index contributed by atoms with van der Waals surface area (Å²) in [5.74, 6) is 0.859. The van der Waals surface area contributed by atoms with E-state index in [9.17, 15) is 4.79 Å². The molecule has 0 aliphatic carbocycles. The molecule has 0 aromatic heterocycles. The van der Waals surface area contributed by atoms with Crippen molar-refractivity contribution in [3.05, 3.63) is 53.1 Å². The molecule has 1 aliphatic rings. The molecule has 0 spiro atoms. The first kappa shape index (κ1) is 14.4. The highest BCUT2D eigenvalue weighted by molar-refractivity contribution is 5.76. The minimum Gasteiger partial charge on any atom is -0.488 e. The van der Waals surface area contributed by atoms with Crippen LogP contribution in [0.15, 0.2) is 36.4 Å². The van der Waals surface area contributed by atoms with E-state index in [1.165, 1.54) is 22.3 Å². The Labute approximate surface area is 129 Å². The highest BCUT2D eigenvalue weighted by Crippen LogP contribution is 2.39. The van der Waals surface area contributed by atoms with Crippen LogP contribution in [0.1, 0.15) is 16.7 Å². The molecule has 1 amide bonds. The Morgan fingerprint density at radius 3 is 2.59 bits per heavy atom. The lowest BCUT2D eigenvalue weighted by molar-refractivity contribution is 0.181. The minimum atomic E-state index is -1.02. The molecule has 1 atom stereocenters. The Bertz CT molecular complexity index is 704. The van der Waals surface area contributed by atoms with E-state index in [0.29, 0.717) is 6.54 Å². The van der Waals surface area contributed by atoms with Gasteiger partial charge in [-0.2, -0.15) is 0 Å². The Morgan fingerprint density at radius 1 is 1.23 bits per heavy atom. The van der Waals surface area contributed by atoms with Gasteiger partial charge in [0, 0.05) is 12.0 Å². The van der Waals surface area contributed by atoms with Crippen LogP contribution in [0.25, 0.3) is 11.1 Å². The normalized spacial score (nSPS) is 16.0. The molecular weight excluding hydrogens is 278 g/mol. The highest BCUT2D eigenvalue weighted by Gasteiger charge is 2.26. The molecule has 1 aliphatic heterocycles. The zero-order valence-corrected chi connectivity index (χ0v) is 12.7. The van der Waals surface area contributed by atoms with Crippen LogP contribution >= 0.6 is 0 Å². The third-order valence-corrected chi connectivity index (χ3v) is 4.09. The average Bonchev–Trinajstić information content (AvgIpc) is 2.88. The molecule has 2 aromatic rings. The predicted octanol–water partition coefficient (Wildman–Crippen LogP) is 3.54. The third-order valence-electron chi connectivity index (χ3n) is 4.09. The molecule has 0 fully saturated rings. The summed E-state index contributed by atoms with van der Waals surface area (Å²) in [6.45, 7) is 4.53. The second-order valence-electron chi connectivity index (χ2n) is 5.68. The Balaban J connectivity index is 1.95. The van der Waals surface area contributed by atoms with Crippen LogP contribution < -0.4 is 10.1 Å². The molecule has 1 heterocycles. The predicted molar refractivity (Wildman–Crippen MR) is 85.5 cm³/mol. The fourth-order valence-electron chi connectivity index (χ4n) is 3.12. The van der Waals surface area contributed by atoms with Crippen LogP contribution in [0.4, 0.5) is 4.79 Å². The van der Waals surface area contributed by atoms with Gasteiger partial charge in [0.2, 0.25) is 0 Å². The summed E-state index contributed by atoms with van der Waals surface area (Å²) < 4.78 is 5.87. The largest absolute Gasteiger partial charge is 0.488 e. The average molecular weight is 297 g/mol. The molecule has 4 nitrogen and oxygen atoms in total. The zero-order chi connectivity index (χ0) is 15.7. The maximum absolute atomic E-state index is 10.6. The van der Waals surface area contributed by atoms with Gasteiger partial charge in [0.25, 0.3) is 0 Å². The van der Waals surface area contributed by atoms with Gasteiger partial charge < -0.3 is 15.2 Å². The summed E-state index contributed by atoms with van der Waals surface area (Å²) in [5, 5.41) is 11.1. The van der Waals surface area contributed by atoms with E-state index in [2.05, 4.69) is 43.4 Å². The van der Waals surface area contributed by atoms with Crippen molar-refractivity contribution in [2.24, 2.45) is 0 Å². The molecule has 1 unspecified atom stereocenters. The van der Waals surface area contributed by atoms with Crippen LogP contribution in [-0.4, -0.2) is 23.8 Å². The second-order valence-corrected chi connectivity index (χ2v) is 5.68. The molecule has 4 heteroatoms. The molecule has 2 aromatic carbocycles. The zero-order valence-electron chi connectivity index (χ0n) is 12.7. The van der Waals surface area contributed by atoms with E-state index in [1.807, 2.05) is 12.1 Å². The van der Waals surface area contributed by atoms with Gasteiger partial charge in [-0.05, 0) is 42.2 Å². The first-order chi connectivity index (χ1) is 10.6. The first-order valence-corrected chi connectivity index (χ1v) is 7.38. The van der Waals surface area contributed by atoms with Crippen molar-refractivity contribution < 1.29 is 14.6 Å². The second kappa shape index (κ2) is 5.72. The molecule has 2 N–H and O–H groups in total. The highest BCUT2D eigenvalue weighted by atomic mass is 16.5. The summed E-state index contributed by atoms with van der Waals surface area (Å²) in [5.41, 5.74) is 6.07. The van der Waals surface area contributed by atoms with Crippen molar-refractivity contribution in [2.75, 3.05) is 6.54 Å². The molecule has 3 rings (SSSR count). The lowest BCUT2D eigenvalue weighted by Crippen LogP contribution is -2.33. The SMILES string of the molecule is Cc1cccc(C)c1-c1cccc2c1CC(CNC(=O)O)O2. The number of carbonyl (C=O) groups is 1. The number of hydrogen-bond acceptors (Lipinski definition) is 2. The number of amides is 1. The Morgan fingerprint density at radius 2 is 1.91 bits per heavy atom. The third kappa shape index (κ3) is 2.64. The van der Waals surface area contributed by atoms with Crippen LogP contribution in [0, 0.1) is 13.8 Å². The number of rotatable bonds is 3. The fourth-order valence-corrected chi connectivity index (χ4v) is 3.12. The van der Waals surface area contributed by atoms with Gasteiger partial charge in [-0.15, -0.1) is 0 Å². The summed E-state index contributed by atoms with van der Waals surface area (Å²) in [7, 11) is 0. The smallest absolute Gasteiger partial charge is 0.404 e. The van der Waals surface area contributed by atoms with Gasteiger partial charge in [0.05, 0.1) is 6.54 Å². The van der Waals surface area contributed by atoms with E-state index in [0.717, 1.165) is 17.7 Å². The first-order valence-electron chi connectivity index (χ1n) is 7.38. The topological polar surface area (TPSA) is 58.6 Å². The van der Waals surface area contributed by atoms with Crippen LogP contribution in [-0.2, 0) is 6.42 Å². The number of ether oxygens (including phenoxy) is 1. The number of carboxylic acid groups (broad SMARTS) is 1. The van der Waals surface area contributed by atoms with Gasteiger partial charge in [0.1, 0.15) is 11.9 Å². The fraction of sp³-hybridized carbons (Fsp3) is 0.278. The van der Waals surface area contributed by atoms with Crippen molar-refractivity contribution in [1.82, 2.24) is 5.32 Å². The van der Waals surface area contributed by atoms with Gasteiger partial charge in [-0.3, -0.25) is 0 Å². The lowest BCUT2D eigenvalue weighted by atomic mass is 9.91. The molecule has 22 heavy (non-hydrogen) atoms. The number of hydrogen-bond donors (Lipinski definition) is 2. The molecular formula is C18H19NO3. The van der Waals surface area contributed by atoms with E-state index in [-0.39, 0.29) is 6.10 Å². The van der Waals surface area contributed by atoms with Crippen molar-refractivity contribution in [2.45, 2.75) is 26.4 Å². The summed E-state index contributed by atoms with van der Waals surface area (Å²) in [6, 6.07) is 12.3. The molecule has 0 saturated heterocycles. The van der Waals surface area contributed by atoms with Crippen LogP contribution in [0.2, 0.25) is 0 Å². The maximum atomic E-state index is 10.6. The minimum absolute atomic E-state index is 0.142. The van der Waals surface area contributed by atoms with Crippen molar-refractivity contribution in [3.63, 3.8) is 0 Å². The van der Waals surface area contributed by atoms with Crippen LogP contribution in [0.3, 0.4) is 0 Å². The van der Waals surface area contributed by atoms with Gasteiger partial charge in [-0.1, -0.05) is 30.3 Å². The number of nitrogens with one attached hydrogen (secondary N) is 1. The van der Waals surface area contributed by atoms with E-state index in [1.54, 1.807) is 0 Å². The van der Waals surface area contributed by atoms with Crippen LogP contribution in [0.5, 0.6) is 5.75 Å². The number of benzene rings is 2. The standard InChI is InChI=1S/C18H19NO3/c1-11-5-3-6-12(2)17(11)14-7-4-8-16-15(14)9-13(22-16)10-19-18(20)21/h3-8,13,19H,9-10H2,1-2H3,(H,20,21). The lowest BCUT2D eigenvalue weighted by Gasteiger charge is -2.13. The van der Waals surface area contributed by atoms with Gasteiger partial charge >= 0.3 is 6.09 Å². The van der Waals surface area contributed by atoms with E-state index < -0.39 is 6.09 Å². The quantitative estimate of drug-likeness (QED) is 0.911. The van der Waals surface area contributed by atoms with Crippen molar-refractivity contribution in [1.29, 1.82) is 0 Å².